The summed E-state index contributed by atoms with van der Waals surface area (Å²) in [6.45, 7) is 0. The molecule has 114 valence electrons. The lowest BCUT2D eigenvalue weighted by Gasteiger charge is -2.07. The summed E-state index contributed by atoms with van der Waals surface area (Å²) in [5.74, 6) is -0.472. The molecule has 0 spiro atoms. The van der Waals surface area contributed by atoms with Gasteiger partial charge in [0, 0.05) is 10.7 Å². The van der Waals surface area contributed by atoms with E-state index in [1.54, 1.807) is 24.3 Å². The molecule has 5 nitrogen and oxygen atoms in total. The number of carbonyl (C=O) groups excluding carboxylic acids is 1. The third-order valence-electron chi connectivity index (χ3n) is 2.75. The van der Waals surface area contributed by atoms with Crippen LogP contribution in [0.1, 0.15) is 5.56 Å². The highest BCUT2D eigenvalue weighted by molar-refractivity contribution is 7.89. The number of thiocarbonyl (C=S) groups is 1. The van der Waals surface area contributed by atoms with E-state index in [1.807, 2.05) is 0 Å². The fourth-order valence-electron chi connectivity index (χ4n) is 1.65. The zero-order valence-electron chi connectivity index (χ0n) is 11.1. The fourth-order valence-corrected chi connectivity index (χ4v) is 2.48. The van der Waals surface area contributed by atoms with Gasteiger partial charge >= 0.3 is 0 Å². The average molecular weight is 355 g/mol. The number of nitrogens with one attached hydrogen (secondary N) is 1. The molecule has 0 aliphatic carbocycles. The molecule has 0 heterocycles. The number of hydrogen-bond acceptors (Lipinski definition) is 4. The first kappa shape index (κ1) is 16.6. The first-order chi connectivity index (χ1) is 10.3. The maximum atomic E-state index is 12.1. The molecule has 8 heteroatoms. The fraction of sp³-hybridized carbons (Fsp3) is 0. The molecule has 3 N–H and O–H groups in total. The monoisotopic (exact) mass is 354 g/mol. The second-order valence-corrected chi connectivity index (χ2v) is 6.77. The minimum atomic E-state index is -3.76. The maximum Gasteiger partial charge on any atom is 0.267 e. The lowest BCUT2D eigenvalue weighted by molar-refractivity contribution is -0.110. The van der Waals surface area contributed by atoms with Gasteiger partial charge in [-0.15, -0.1) is 0 Å². The van der Waals surface area contributed by atoms with Crippen molar-refractivity contribution in [3.05, 3.63) is 59.1 Å². The van der Waals surface area contributed by atoms with Gasteiger partial charge in [0.25, 0.3) is 5.91 Å². The molecule has 0 aliphatic rings. The molecule has 0 aliphatic heterocycles. The van der Waals surface area contributed by atoms with Gasteiger partial charge in [0.1, 0.15) is 4.86 Å². The van der Waals surface area contributed by atoms with Gasteiger partial charge in [0.2, 0.25) is 10.0 Å². The van der Waals surface area contributed by atoms with Crippen LogP contribution in [0.2, 0.25) is 5.02 Å². The van der Waals surface area contributed by atoms with Crippen LogP contribution in [0.4, 0.5) is 5.69 Å². The molecular formula is C14H11ClN2O3S2. The third-order valence-corrected chi connectivity index (χ3v) is 4.36. The molecule has 0 fully saturated rings. The van der Waals surface area contributed by atoms with E-state index in [1.165, 1.54) is 24.3 Å². The summed E-state index contributed by atoms with van der Waals surface area (Å²) in [6, 6.07) is 12.0. The van der Waals surface area contributed by atoms with Gasteiger partial charge in [-0.3, -0.25) is 4.79 Å². The van der Waals surface area contributed by atoms with Gasteiger partial charge < -0.3 is 5.32 Å². The van der Waals surface area contributed by atoms with E-state index in [2.05, 4.69) is 5.32 Å². The van der Waals surface area contributed by atoms with E-state index in [-0.39, 0.29) is 9.76 Å². The zero-order chi connectivity index (χ0) is 16.3. The maximum absolute atomic E-state index is 12.1. The first-order valence-electron chi connectivity index (χ1n) is 6.01. The zero-order valence-corrected chi connectivity index (χ0v) is 13.5. The standard InChI is InChI=1S/C14H11ClN2O3S2/c15-10-3-1-9(2-4-10)13(21)14(18)17-11-5-7-12(8-6-11)22(16,19)20/h1-8H,(H,17,18)(H2,16,19,20). The Kier molecular flexibility index (Phi) is 4.92. The number of carbonyl (C=O) groups is 1. The topological polar surface area (TPSA) is 89.3 Å². The van der Waals surface area contributed by atoms with Crippen LogP contribution in [0.5, 0.6) is 0 Å². The predicted molar refractivity (Wildman–Crippen MR) is 89.6 cm³/mol. The van der Waals surface area contributed by atoms with Crippen LogP contribution in [0.15, 0.2) is 53.4 Å². The number of rotatable bonds is 4. The van der Waals surface area contributed by atoms with Crippen LogP contribution in [0.25, 0.3) is 0 Å². The number of nitrogens with two attached hydrogens (primary N) is 1. The van der Waals surface area contributed by atoms with E-state index in [0.717, 1.165) is 0 Å². The Morgan fingerprint density at radius 2 is 1.59 bits per heavy atom. The van der Waals surface area contributed by atoms with Crippen molar-refractivity contribution in [3.63, 3.8) is 0 Å². The van der Waals surface area contributed by atoms with E-state index >= 15 is 0 Å². The lowest BCUT2D eigenvalue weighted by atomic mass is 10.1. The normalized spacial score (nSPS) is 11.0. The Hall–Kier alpha value is -1.80. The summed E-state index contributed by atoms with van der Waals surface area (Å²) in [6.07, 6.45) is 0. The summed E-state index contributed by atoms with van der Waals surface area (Å²) in [7, 11) is -3.76. The van der Waals surface area contributed by atoms with Crippen LogP contribution in [-0.2, 0) is 14.8 Å². The van der Waals surface area contributed by atoms with Crippen LogP contribution in [0.3, 0.4) is 0 Å². The molecule has 1 amide bonds. The molecule has 2 rings (SSSR count). The molecule has 0 saturated carbocycles. The van der Waals surface area contributed by atoms with Gasteiger partial charge in [-0.1, -0.05) is 36.0 Å². The number of primary sulfonamides is 1. The quantitative estimate of drug-likeness (QED) is 0.651. The molecule has 2 aromatic rings. The number of sulfonamides is 1. The van der Waals surface area contributed by atoms with Crippen molar-refractivity contribution >= 4 is 50.3 Å². The highest BCUT2D eigenvalue weighted by Crippen LogP contribution is 2.14. The lowest BCUT2D eigenvalue weighted by Crippen LogP contribution is -2.22. The number of benzene rings is 2. The van der Waals surface area contributed by atoms with Crippen molar-refractivity contribution in [2.75, 3.05) is 5.32 Å². The van der Waals surface area contributed by atoms with Crippen molar-refractivity contribution in [2.45, 2.75) is 4.90 Å². The first-order valence-corrected chi connectivity index (χ1v) is 8.35. The van der Waals surface area contributed by atoms with Gasteiger partial charge in [0.05, 0.1) is 4.90 Å². The molecular weight excluding hydrogens is 344 g/mol. The van der Waals surface area contributed by atoms with Crippen molar-refractivity contribution in [3.8, 4) is 0 Å². The van der Waals surface area contributed by atoms with Gasteiger partial charge in [0.15, 0.2) is 0 Å². The van der Waals surface area contributed by atoms with Crippen LogP contribution >= 0.6 is 23.8 Å². The molecule has 0 saturated heterocycles. The Balaban J connectivity index is 2.11. The minimum Gasteiger partial charge on any atom is -0.321 e. The van der Waals surface area contributed by atoms with Crippen LogP contribution < -0.4 is 10.5 Å². The summed E-state index contributed by atoms with van der Waals surface area (Å²) in [4.78, 5) is 12.1. The van der Waals surface area contributed by atoms with Crippen molar-refractivity contribution < 1.29 is 13.2 Å². The molecule has 22 heavy (non-hydrogen) atoms. The molecule has 2 aromatic carbocycles. The van der Waals surface area contributed by atoms with Crippen molar-refractivity contribution in [1.29, 1.82) is 0 Å². The average Bonchev–Trinajstić information content (AvgIpc) is 2.47. The van der Waals surface area contributed by atoms with E-state index in [4.69, 9.17) is 29.0 Å². The Morgan fingerprint density at radius 1 is 1.05 bits per heavy atom. The van der Waals surface area contributed by atoms with Crippen LogP contribution in [-0.4, -0.2) is 19.2 Å². The molecule has 0 radical (unpaired) electrons. The smallest absolute Gasteiger partial charge is 0.267 e. The SMILES string of the molecule is NS(=O)(=O)c1ccc(NC(=O)C(=S)c2ccc(Cl)cc2)cc1. The third kappa shape index (κ3) is 4.11. The number of hydrogen-bond donors (Lipinski definition) is 2. The molecule has 0 unspecified atom stereocenters. The molecule has 0 bridgehead atoms. The second kappa shape index (κ2) is 6.53. The Labute approximate surface area is 138 Å². The molecule has 0 aromatic heterocycles. The van der Waals surface area contributed by atoms with Gasteiger partial charge in [-0.25, -0.2) is 13.6 Å². The summed E-state index contributed by atoms with van der Waals surface area (Å²) >= 11 is 10.9. The highest BCUT2D eigenvalue weighted by Gasteiger charge is 2.13. The van der Waals surface area contributed by atoms with Gasteiger partial charge in [-0.05, 0) is 42.0 Å². The van der Waals surface area contributed by atoms with E-state index in [0.29, 0.717) is 16.3 Å². The number of anilines is 1. The Bertz CT molecular complexity index is 816. The summed E-state index contributed by atoms with van der Waals surface area (Å²) < 4.78 is 22.3. The van der Waals surface area contributed by atoms with Crippen LogP contribution in [0, 0.1) is 0 Å². The summed E-state index contributed by atoms with van der Waals surface area (Å²) in [5, 5.41) is 8.13. The minimum absolute atomic E-state index is 0.0363. The Morgan fingerprint density at radius 3 is 2.09 bits per heavy atom. The van der Waals surface area contributed by atoms with E-state index in [9.17, 15) is 13.2 Å². The number of halogens is 1. The highest BCUT2D eigenvalue weighted by atomic mass is 35.5. The largest absolute Gasteiger partial charge is 0.321 e. The van der Waals surface area contributed by atoms with Crippen molar-refractivity contribution in [1.82, 2.24) is 0 Å². The van der Waals surface area contributed by atoms with Gasteiger partial charge in [-0.2, -0.15) is 0 Å². The number of amides is 1. The predicted octanol–water partition coefficient (Wildman–Crippen LogP) is 2.34. The van der Waals surface area contributed by atoms with E-state index < -0.39 is 15.9 Å². The molecule has 0 atom stereocenters. The second-order valence-electron chi connectivity index (χ2n) is 4.36. The summed E-state index contributed by atoms with van der Waals surface area (Å²) in [5.41, 5.74) is 0.978. The van der Waals surface area contributed by atoms with Crippen molar-refractivity contribution in [2.24, 2.45) is 5.14 Å².